The topological polar surface area (TPSA) is 43.4 Å². The first-order valence-corrected chi connectivity index (χ1v) is 6.21. The van der Waals surface area contributed by atoms with Gasteiger partial charge in [0.15, 0.2) is 0 Å². The first-order chi connectivity index (χ1) is 7.56. The van der Waals surface area contributed by atoms with E-state index in [1.54, 1.807) is 11.3 Å². The molecule has 0 N–H and O–H groups in total. The van der Waals surface area contributed by atoms with Crippen molar-refractivity contribution in [1.29, 1.82) is 0 Å². The quantitative estimate of drug-likeness (QED) is 0.600. The maximum absolute atomic E-state index is 11.4. The predicted octanol–water partition coefficient (Wildman–Crippen LogP) is 2.50. The summed E-state index contributed by atoms with van der Waals surface area (Å²) >= 11 is 1.61. The maximum Gasteiger partial charge on any atom is 0.322 e. The maximum atomic E-state index is 11.4. The van der Waals surface area contributed by atoms with Crippen molar-refractivity contribution >= 4 is 23.3 Å². The lowest BCUT2D eigenvalue weighted by molar-refractivity contribution is -0.152. The average Bonchev–Trinajstić information content (AvgIpc) is 2.72. The highest BCUT2D eigenvalue weighted by Gasteiger charge is 2.35. The molecule has 0 radical (unpaired) electrons. The molecule has 0 spiro atoms. The van der Waals surface area contributed by atoms with Gasteiger partial charge in [0.05, 0.1) is 6.42 Å². The lowest BCUT2D eigenvalue weighted by Gasteiger charge is -2.01. The van der Waals surface area contributed by atoms with Gasteiger partial charge in [0.25, 0.3) is 0 Å². The standard InChI is InChI=1S/C12H14O3S/c1-7(2)5-8-3-4-10(16-8)9-6-11(13)15-12(9)14/h3-4,7,9H,5-6H2,1-2H3. The first kappa shape index (κ1) is 11.3. The summed E-state index contributed by atoms with van der Waals surface area (Å²) in [5.41, 5.74) is 0. The molecule has 16 heavy (non-hydrogen) atoms. The van der Waals surface area contributed by atoms with E-state index >= 15 is 0 Å². The molecule has 0 aliphatic carbocycles. The number of ether oxygens (including phenoxy) is 1. The Labute approximate surface area is 98.4 Å². The third-order valence-corrected chi connectivity index (χ3v) is 3.73. The van der Waals surface area contributed by atoms with Crippen LogP contribution in [0.2, 0.25) is 0 Å². The van der Waals surface area contributed by atoms with Gasteiger partial charge in [-0.15, -0.1) is 11.3 Å². The highest BCUT2D eigenvalue weighted by atomic mass is 32.1. The van der Waals surface area contributed by atoms with Crippen molar-refractivity contribution in [3.8, 4) is 0 Å². The lowest BCUT2D eigenvalue weighted by Crippen LogP contribution is -2.03. The summed E-state index contributed by atoms with van der Waals surface area (Å²) in [6.45, 7) is 4.32. The number of esters is 2. The van der Waals surface area contributed by atoms with Gasteiger partial charge in [-0.3, -0.25) is 9.59 Å². The number of thiophene rings is 1. The fourth-order valence-corrected chi connectivity index (χ4v) is 3.10. The van der Waals surface area contributed by atoms with Crippen LogP contribution >= 0.6 is 11.3 Å². The average molecular weight is 238 g/mol. The molecule has 1 fully saturated rings. The molecule has 2 rings (SSSR count). The summed E-state index contributed by atoms with van der Waals surface area (Å²) in [5, 5.41) is 0. The molecule has 0 amide bonds. The van der Waals surface area contributed by atoms with Gasteiger partial charge < -0.3 is 4.74 Å². The Kier molecular flexibility index (Phi) is 3.10. The molecule has 1 atom stereocenters. The minimum absolute atomic E-state index is 0.195. The molecule has 1 aromatic rings. The molecule has 86 valence electrons. The van der Waals surface area contributed by atoms with E-state index in [-0.39, 0.29) is 12.3 Å². The Balaban J connectivity index is 2.13. The molecule has 1 aliphatic heterocycles. The van der Waals surface area contributed by atoms with Crippen LogP contribution in [0.4, 0.5) is 0 Å². The minimum atomic E-state index is -0.409. The van der Waals surface area contributed by atoms with Gasteiger partial charge in [0.1, 0.15) is 5.92 Å². The van der Waals surface area contributed by atoms with Gasteiger partial charge in [-0.05, 0) is 24.5 Å². The Hall–Kier alpha value is -1.16. The molecule has 1 aromatic heterocycles. The SMILES string of the molecule is CC(C)Cc1ccc(C2CC(=O)OC2=O)s1. The Morgan fingerprint density at radius 1 is 1.44 bits per heavy atom. The zero-order chi connectivity index (χ0) is 11.7. The molecule has 0 bridgehead atoms. The second-order valence-electron chi connectivity index (χ2n) is 4.45. The number of hydrogen-bond acceptors (Lipinski definition) is 4. The molecule has 3 nitrogen and oxygen atoms in total. The molecular weight excluding hydrogens is 224 g/mol. The Bertz CT molecular complexity index is 420. The molecule has 1 unspecified atom stereocenters. The fraction of sp³-hybridized carbons (Fsp3) is 0.500. The highest BCUT2D eigenvalue weighted by Crippen LogP contribution is 2.33. The summed E-state index contributed by atoms with van der Waals surface area (Å²) in [6, 6.07) is 3.98. The molecule has 1 aliphatic rings. The van der Waals surface area contributed by atoms with Crippen LogP contribution in [-0.2, 0) is 20.7 Å². The van der Waals surface area contributed by atoms with E-state index < -0.39 is 11.9 Å². The van der Waals surface area contributed by atoms with Crippen molar-refractivity contribution in [2.45, 2.75) is 32.6 Å². The van der Waals surface area contributed by atoms with Crippen LogP contribution < -0.4 is 0 Å². The normalized spacial score (nSPS) is 20.6. The van der Waals surface area contributed by atoms with Crippen molar-refractivity contribution in [3.05, 3.63) is 21.9 Å². The van der Waals surface area contributed by atoms with Crippen molar-refractivity contribution in [1.82, 2.24) is 0 Å². The first-order valence-electron chi connectivity index (χ1n) is 5.39. The summed E-state index contributed by atoms with van der Waals surface area (Å²) in [6.07, 6.45) is 1.21. The third kappa shape index (κ3) is 2.32. The van der Waals surface area contributed by atoms with E-state index in [4.69, 9.17) is 0 Å². The lowest BCUT2D eigenvalue weighted by atomic mass is 10.1. The van der Waals surface area contributed by atoms with Gasteiger partial charge in [-0.2, -0.15) is 0 Å². The molecule has 0 aromatic carbocycles. The van der Waals surface area contributed by atoms with Crippen LogP contribution in [0.3, 0.4) is 0 Å². The van der Waals surface area contributed by atoms with E-state index in [0.717, 1.165) is 11.3 Å². The number of rotatable bonds is 3. The number of cyclic esters (lactones) is 2. The van der Waals surface area contributed by atoms with E-state index in [0.29, 0.717) is 5.92 Å². The predicted molar refractivity (Wildman–Crippen MR) is 61.3 cm³/mol. The van der Waals surface area contributed by atoms with Crippen molar-refractivity contribution in [3.63, 3.8) is 0 Å². The summed E-state index contributed by atoms with van der Waals surface area (Å²) in [7, 11) is 0. The van der Waals surface area contributed by atoms with Gasteiger partial charge in [0, 0.05) is 9.75 Å². The second kappa shape index (κ2) is 4.37. The van der Waals surface area contributed by atoms with Gasteiger partial charge in [-0.1, -0.05) is 13.8 Å². The van der Waals surface area contributed by atoms with E-state index in [2.05, 4.69) is 18.6 Å². The number of hydrogen-bond donors (Lipinski definition) is 0. The minimum Gasteiger partial charge on any atom is -0.393 e. The monoisotopic (exact) mass is 238 g/mol. The highest BCUT2D eigenvalue weighted by molar-refractivity contribution is 7.12. The van der Waals surface area contributed by atoms with Crippen LogP contribution in [0.5, 0.6) is 0 Å². The smallest absolute Gasteiger partial charge is 0.322 e. The molecule has 0 saturated carbocycles. The number of carbonyl (C=O) groups excluding carboxylic acids is 2. The van der Waals surface area contributed by atoms with Gasteiger partial charge in [0.2, 0.25) is 0 Å². The van der Waals surface area contributed by atoms with E-state index in [1.807, 2.05) is 12.1 Å². The third-order valence-electron chi connectivity index (χ3n) is 2.51. The van der Waals surface area contributed by atoms with Crippen LogP contribution in [0.1, 0.15) is 35.9 Å². The van der Waals surface area contributed by atoms with E-state index in [1.165, 1.54) is 4.88 Å². The van der Waals surface area contributed by atoms with Crippen molar-refractivity contribution in [2.75, 3.05) is 0 Å². The molecule has 2 heterocycles. The van der Waals surface area contributed by atoms with Crippen LogP contribution in [-0.4, -0.2) is 11.9 Å². The zero-order valence-electron chi connectivity index (χ0n) is 9.36. The Morgan fingerprint density at radius 2 is 2.19 bits per heavy atom. The second-order valence-corrected chi connectivity index (χ2v) is 5.65. The van der Waals surface area contributed by atoms with E-state index in [9.17, 15) is 9.59 Å². The van der Waals surface area contributed by atoms with Crippen molar-refractivity contribution < 1.29 is 14.3 Å². The Morgan fingerprint density at radius 3 is 2.75 bits per heavy atom. The van der Waals surface area contributed by atoms with Gasteiger partial charge in [-0.25, -0.2) is 0 Å². The summed E-state index contributed by atoms with van der Waals surface area (Å²) in [4.78, 5) is 24.6. The summed E-state index contributed by atoms with van der Waals surface area (Å²) < 4.78 is 4.55. The van der Waals surface area contributed by atoms with Crippen molar-refractivity contribution in [2.24, 2.45) is 5.92 Å². The van der Waals surface area contributed by atoms with Gasteiger partial charge >= 0.3 is 11.9 Å². The fourth-order valence-electron chi connectivity index (χ4n) is 1.79. The zero-order valence-corrected chi connectivity index (χ0v) is 10.2. The largest absolute Gasteiger partial charge is 0.393 e. The molecule has 4 heteroatoms. The molecule has 1 saturated heterocycles. The number of carbonyl (C=O) groups is 2. The molecular formula is C12H14O3S. The van der Waals surface area contributed by atoms with Crippen LogP contribution in [0, 0.1) is 5.92 Å². The summed E-state index contributed by atoms with van der Waals surface area (Å²) in [5.74, 6) is -0.571. The van der Waals surface area contributed by atoms with Crippen LogP contribution in [0.15, 0.2) is 12.1 Å². The van der Waals surface area contributed by atoms with Crippen LogP contribution in [0.25, 0.3) is 0 Å².